The molecule has 0 aliphatic carbocycles. The van der Waals surface area contributed by atoms with Crippen molar-refractivity contribution in [3.05, 3.63) is 82.0 Å². The van der Waals surface area contributed by atoms with Crippen LogP contribution in [0.2, 0.25) is 5.02 Å². The van der Waals surface area contributed by atoms with E-state index in [9.17, 15) is 14.4 Å². The van der Waals surface area contributed by atoms with Crippen LogP contribution in [0.3, 0.4) is 0 Å². The molecular weight excluding hydrogens is 416 g/mol. The van der Waals surface area contributed by atoms with E-state index >= 15 is 0 Å². The summed E-state index contributed by atoms with van der Waals surface area (Å²) in [4.78, 5) is 43.1. The van der Waals surface area contributed by atoms with E-state index in [2.05, 4.69) is 5.32 Å². The fraction of sp³-hybridized carbons (Fsp3) is 0.261. The molecule has 0 spiro atoms. The first kappa shape index (κ1) is 20.9. The largest absolute Gasteiger partial charge is 0.340 e. The van der Waals surface area contributed by atoms with Crippen LogP contribution in [0.5, 0.6) is 0 Å². The standard InChI is InChI=1S/C23H23ClN4O3/c1-26(12-15-8-4-3-5-9-15)19(29)14-28-13-18-20(22(28)30)21(25-23(31)27(18)2)16-10-6-7-11-17(16)24/h3-11,21H,12-14H2,1-2H3,(H,25,31)/t21-/m1/s1. The van der Waals surface area contributed by atoms with Gasteiger partial charge in [-0.2, -0.15) is 0 Å². The van der Waals surface area contributed by atoms with Gasteiger partial charge in [0.25, 0.3) is 5.91 Å². The van der Waals surface area contributed by atoms with Gasteiger partial charge in [-0.3, -0.25) is 14.5 Å². The van der Waals surface area contributed by atoms with Gasteiger partial charge in [0, 0.05) is 25.7 Å². The first-order chi connectivity index (χ1) is 14.9. The number of nitrogens with one attached hydrogen (secondary N) is 1. The summed E-state index contributed by atoms with van der Waals surface area (Å²) in [5.74, 6) is -0.443. The molecule has 2 aliphatic heterocycles. The number of amides is 4. The summed E-state index contributed by atoms with van der Waals surface area (Å²) < 4.78 is 0. The van der Waals surface area contributed by atoms with Gasteiger partial charge in [0.1, 0.15) is 6.54 Å². The van der Waals surface area contributed by atoms with Crippen molar-refractivity contribution in [1.29, 1.82) is 0 Å². The maximum atomic E-state index is 13.3. The number of benzene rings is 2. The van der Waals surface area contributed by atoms with Crippen molar-refractivity contribution in [3.8, 4) is 0 Å². The van der Waals surface area contributed by atoms with Crippen LogP contribution in [-0.2, 0) is 16.1 Å². The van der Waals surface area contributed by atoms with E-state index in [0.717, 1.165) is 5.56 Å². The van der Waals surface area contributed by atoms with Gasteiger partial charge in [-0.15, -0.1) is 0 Å². The van der Waals surface area contributed by atoms with Crippen molar-refractivity contribution in [2.45, 2.75) is 12.6 Å². The minimum Gasteiger partial charge on any atom is -0.340 e. The van der Waals surface area contributed by atoms with E-state index in [1.165, 1.54) is 9.80 Å². The third-order valence-corrected chi connectivity index (χ3v) is 6.01. The molecule has 0 saturated heterocycles. The van der Waals surface area contributed by atoms with Gasteiger partial charge in [0.05, 0.1) is 23.9 Å². The topological polar surface area (TPSA) is 73.0 Å². The summed E-state index contributed by atoms with van der Waals surface area (Å²) in [6.07, 6.45) is 0. The highest BCUT2D eigenvalue weighted by molar-refractivity contribution is 6.31. The normalized spacial score (nSPS) is 18.2. The second-order valence-corrected chi connectivity index (χ2v) is 8.13. The molecule has 2 aliphatic rings. The lowest BCUT2D eigenvalue weighted by atomic mass is 9.96. The first-order valence-corrected chi connectivity index (χ1v) is 10.3. The average Bonchev–Trinajstić information content (AvgIpc) is 3.08. The Morgan fingerprint density at radius 3 is 2.52 bits per heavy atom. The lowest BCUT2D eigenvalue weighted by Gasteiger charge is -2.31. The maximum absolute atomic E-state index is 13.3. The van der Waals surface area contributed by atoms with E-state index in [0.29, 0.717) is 28.4 Å². The molecular formula is C23H23ClN4O3. The predicted molar refractivity (Wildman–Crippen MR) is 117 cm³/mol. The van der Waals surface area contributed by atoms with Crippen molar-refractivity contribution in [1.82, 2.24) is 20.0 Å². The van der Waals surface area contributed by atoms with E-state index < -0.39 is 6.04 Å². The zero-order chi connectivity index (χ0) is 22.1. The van der Waals surface area contributed by atoms with Gasteiger partial charge in [-0.25, -0.2) is 4.79 Å². The second-order valence-electron chi connectivity index (χ2n) is 7.72. The quantitative estimate of drug-likeness (QED) is 0.780. The first-order valence-electron chi connectivity index (χ1n) is 9.95. The molecule has 8 heteroatoms. The molecule has 0 radical (unpaired) electrons. The fourth-order valence-electron chi connectivity index (χ4n) is 3.92. The SMILES string of the molecule is CN(Cc1ccccc1)C(=O)CN1CC2=C(C1=O)[C@@H](c1ccccc1Cl)NC(=O)N2C. The molecule has 1 N–H and O–H groups in total. The summed E-state index contributed by atoms with van der Waals surface area (Å²) in [5.41, 5.74) is 2.71. The third kappa shape index (κ3) is 4.01. The number of rotatable bonds is 5. The Bertz CT molecular complexity index is 1070. The highest BCUT2D eigenvalue weighted by Gasteiger charge is 2.43. The van der Waals surface area contributed by atoms with Crippen LogP contribution in [0.4, 0.5) is 4.79 Å². The second kappa shape index (κ2) is 8.43. The van der Waals surface area contributed by atoms with E-state index in [1.807, 2.05) is 36.4 Å². The fourth-order valence-corrected chi connectivity index (χ4v) is 4.17. The van der Waals surface area contributed by atoms with Crippen LogP contribution in [0.25, 0.3) is 0 Å². The summed E-state index contributed by atoms with van der Waals surface area (Å²) >= 11 is 6.35. The number of halogens is 1. The van der Waals surface area contributed by atoms with Crippen molar-refractivity contribution in [2.75, 3.05) is 27.2 Å². The molecule has 2 aromatic carbocycles. The van der Waals surface area contributed by atoms with Gasteiger partial charge < -0.3 is 15.1 Å². The number of hydrogen-bond donors (Lipinski definition) is 1. The van der Waals surface area contributed by atoms with Crippen molar-refractivity contribution >= 4 is 29.4 Å². The molecule has 31 heavy (non-hydrogen) atoms. The summed E-state index contributed by atoms with van der Waals surface area (Å²) in [7, 11) is 3.33. The maximum Gasteiger partial charge on any atom is 0.322 e. The van der Waals surface area contributed by atoms with E-state index in [4.69, 9.17) is 11.6 Å². The highest BCUT2D eigenvalue weighted by atomic mass is 35.5. The molecule has 0 bridgehead atoms. The number of urea groups is 1. The number of likely N-dealkylation sites (N-methyl/N-ethyl adjacent to an activating group) is 2. The molecule has 2 heterocycles. The molecule has 0 saturated carbocycles. The minimum absolute atomic E-state index is 0.0631. The van der Waals surface area contributed by atoms with Crippen LogP contribution >= 0.6 is 11.6 Å². The smallest absolute Gasteiger partial charge is 0.322 e. The molecule has 2 aromatic rings. The van der Waals surface area contributed by atoms with Crippen LogP contribution in [0, 0.1) is 0 Å². The number of carbonyl (C=O) groups is 3. The zero-order valence-electron chi connectivity index (χ0n) is 17.3. The number of hydrogen-bond acceptors (Lipinski definition) is 3. The summed E-state index contributed by atoms with van der Waals surface area (Å²) in [6, 6.07) is 15.8. The average molecular weight is 439 g/mol. The molecule has 4 amide bonds. The third-order valence-electron chi connectivity index (χ3n) is 5.67. The molecule has 4 rings (SSSR count). The predicted octanol–water partition coefficient (Wildman–Crippen LogP) is 2.79. The Balaban J connectivity index is 1.53. The van der Waals surface area contributed by atoms with Gasteiger partial charge in [0.2, 0.25) is 5.91 Å². The molecule has 1 atom stereocenters. The van der Waals surface area contributed by atoms with Crippen molar-refractivity contribution < 1.29 is 14.4 Å². The molecule has 0 unspecified atom stereocenters. The Kier molecular flexibility index (Phi) is 5.69. The van der Waals surface area contributed by atoms with Crippen LogP contribution in [-0.4, -0.2) is 59.7 Å². The van der Waals surface area contributed by atoms with Gasteiger partial charge in [-0.1, -0.05) is 60.1 Å². The lowest BCUT2D eigenvalue weighted by Crippen LogP contribution is -2.45. The van der Waals surface area contributed by atoms with Crippen LogP contribution in [0.1, 0.15) is 17.2 Å². The molecule has 0 fully saturated rings. The summed E-state index contributed by atoms with van der Waals surface area (Å²) in [6.45, 7) is 0.591. The Hall–Kier alpha value is -3.32. The van der Waals surface area contributed by atoms with Crippen molar-refractivity contribution in [3.63, 3.8) is 0 Å². The monoisotopic (exact) mass is 438 g/mol. The number of carbonyl (C=O) groups excluding carboxylic acids is 3. The highest BCUT2D eigenvalue weighted by Crippen LogP contribution is 2.37. The Morgan fingerprint density at radius 1 is 1.13 bits per heavy atom. The lowest BCUT2D eigenvalue weighted by molar-refractivity contribution is -0.137. The van der Waals surface area contributed by atoms with Gasteiger partial charge in [-0.05, 0) is 17.2 Å². The van der Waals surface area contributed by atoms with E-state index in [1.54, 1.807) is 37.2 Å². The zero-order valence-corrected chi connectivity index (χ0v) is 18.1. The van der Waals surface area contributed by atoms with Crippen molar-refractivity contribution in [2.24, 2.45) is 0 Å². The molecule has 160 valence electrons. The number of nitrogens with zero attached hydrogens (tertiary/aromatic N) is 3. The summed E-state index contributed by atoms with van der Waals surface area (Å²) in [5, 5.41) is 3.32. The van der Waals surface area contributed by atoms with Gasteiger partial charge in [0.15, 0.2) is 0 Å². The molecule has 7 nitrogen and oxygen atoms in total. The van der Waals surface area contributed by atoms with Crippen LogP contribution in [0.15, 0.2) is 65.9 Å². The Morgan fingerprint density at radius 2 is 1.81 bits per heavy atom. The van der Waals surface area contributed by atoms with Crippen LogP contribution < -0.4 is 5.32 Å². The van der Waals surface area contributed by atoms with E-state index in [-0.39, 0.29) is 30.9 Å². The minimum atomic E-state index is -0.651. The van der Waals surface area contributed by atoms with Gasteiger partial charge >= 0.3 is 6.03 Å². The Labute approximate surface area is 185 Å². The molecule has 0 aromatic heterocycles.